The summed E-state index contributed by atoms with van der Waals surface area (Å²) in [5, 5.41) is 2.98. The average Bonchev–Trinajstić information content (AvgIpc) is 3.34. The van der Waals surface area contributed by atoms with Crippen LogP contribution < -0.4 is 10.2 Å². The predicted octanol–water partition coefficient (Wildman–Crippen LogP) is 5.42. The van der Waals surface area contributed by atoms with Crippen LogP contribution in [0.1, 0.15) is 12.3 Å². The second-order valence-corrected chi connectivity index (χ2v) is 8.21. The number of rotatable bonds is 7. The molecular formula is C28H27N3O3. The number of nitrogens with zero attached hydrogens (tertiary/aromatic N) is 2. The van der Waals surface area contributed by atoms with Crippen molar-refractivity contribution in [2.24, 2.45) is 0 Å². The summed E-state index contributed by atoms with van der Waals surface area (Å²) in [6.07, 6.45) is 0.707. The van der Waals surface area contributed by atoms with E-state index in [1.807, 2.05) is 84.9 Å². The fourth-order valence-corrected chi connectivity index (χ4v) is 4.07. The molecule has 1 N–H and O–H groups in total. The van der Waals surface area contributed by atoms with Crippen molar-refractivity contribution in [3.8, 4) is 22.6 Å². The molecule has 1 aliphatic rings. The fourth-order valence-electron chi connectivity index (χ4n) is 4.07. The molecule has 1 amide bonds. The molecule has 172 valence electrons. The molecule has 34 heavy (non-hydrogen) atoms. The van der Waals surface area contributed by atoms with Gasteiger partial charge in [-0.3, -0.25) is 4.79 Å². The van der Waals surface area contributed by atoms with Gasteiger partial charge in [0.15, 0.2) is 11.7 Å². The number of amides is 1. The quantitative estimate of drug-likeness (QED) is 0.405. The van der Waals surface area contributed by atoms with Crippen molar-refractivity contribution in [1.82, 2.24) is 4.98 Å². The van der Waals surface area contributed by atoms with Gasteiger partial charge in [-0.1, -0.05) is 60.7 Å². The smallest absolute Gasteiger partial charge is 0.224 e. The van der Waals surface area contributed by atoms with Gasteiger partial charge in [0.25, 0.3) is 0 Å². The normalized spacial score (nSPS) is 13.6. The van der Waals surface area contributed by atoms with Crippen molar-refractivity contribution in [3.05, 3.63) is 90.8 Å². The van der Waals surface area contributed by atoms with Gasteiger partial charge in [-0.2, -0.15) is 0 Å². The largest absolute Gasteiger partial charge is 0.440 e. The molecule has 0 radical (unpaired) electrons. The average molecular weight is 454 g/mol. The van der Waals surface area contributed by atoms with Gasteiger partial charge in [-0.25, -0.2) is 4.98 Å². The highest BCUT2D eigenvalue weighted by Crippen LogP contribution is 2.32. The summed E-state index contributed by atoms with van der Waals surface area (Å²) in [6.45, 7) is 3.27. The summed E-state index contributed by atoms with van der Waals surface area (Å²) in [7, 11) is 0. The first-order valence-electron chi connectivity index (χ1n) is 11.6. The zero-order valence-electron chi connectivity index (χ0n) is 18.9. The van der Waals surface area contributed by atoms with Crippen molar-refractivity contribution >= 4 is 17.3 Å². The lowest BCUT2D eigenvalue weighted by Gasteiger charge is -2.28. The monoisotopic (exact) mass is 453 g/mol. The van der Waals surface area contributed by atoms with Crippen molar-refractivity contribution < 1.29 is 13.9 Å². The minimum absolute atomic E-state index is 0.0696. The van der Waals surface area contributed by atoms with E-state index in [0.717, 1.165) is 60.3 Å². The first-order valence-corrected chi connectivity index (χ1v) is 11.6. The predicted molar refractivity (Wildman–Crippen MR) is 134 cm³/mol. The Bertz CT molecular complexity index is 1160. The van der Waals surface area contributed by atoms with E-state index in [0.29, 0.717) is 12.3 Å². The molecule has 6 nitrogen and oxygen atoms in total. The Kier molecular flexibility index (Phi) is 6.68. The van der Waals surface area contributed by atoms with Crippen LogP contribution in [0.25, 0.3) is 22.6 Å². The molecule has 5 rings (SSSR count). The number of carbonyl (C=O) groups excluding carboxylic acids is 1. The molecule has 6 heteroatoms. The summed E-state index contributed by atoms with van der Waals surface area (Å²) in [5.74, 6) is 1.20. The van der Waals surface area contributed by atoms with Crippen molar-refractivity contribution in [2.75, 3.05) is 36.5 Å². The third kappa shape index (κ3) is 5.18. The maximum atomic E-state index is 12.6. The van der Waals surface area contributed by atoms with E-state index >= 15 is 0 Å². The molecule has 0 bridgehead atoms. The highest BCUT2D eigenvalue weighted by molar-refractivity contribution is 5.91. The first-order chi connectivity index (χ1) is 16.8. The number of hydrogen-bond donors (Lipinski definition) is 1. The molecule has 1 aliphatic heterocycles. The third-order valence-corrected chi connectivity index (χ3v) is 5.85. The number of anilines is 2. The zero-order chi connectivity index (χ0) is 23.2. The van der Waals surface area contributed by atoms with Crippen LogP contribution in [0, 0.1) is 0 Å². The molecular weight excluding hydrogens is 426 g/mol. The van der Waals surface area contributed by atoms with Gasteiger partial charge in [-0.05, 0) is 24.3 Å². The van der Waals surface area contributed by atoms with E-state index in [-0.39, 0.29) is 12.3 Å². The summed E-state index contributed by atoms with van der Waals surface area (Å²) in [4.78, 5) is 19.6. The second-order valence-electron chi connectivity index (χ2n) is 8.21. The van der Waals surface area contributed by atoms with Gasteiger partial charge in [0, 0.05) is 48.4 Å². The SMILES string of the molecule is O=C(CCc1nc(-c2ccccc2)c(-c2ccccc2)o1)Nc1ccc(N2CCOCC2)cc1. The topological polar surface area (TPSA) is 67.6 Å². The van der Waals surface area contributed by atoms with E-state index < -0.39 is 0 Å². The van der Waals surface area contributed by atoms with Gasteiger partial charge in [0.1, 0.15) is 5.69 Å². The van der Waals surface area contributed by atoms with Gasteiger partial charge in [-0.15, -0.1) is 0 Å². The van der Waals surface area contributed by atoms with Crippen LogP contribution in [0.4, 0.5) is 11.4 Å². The molecule has 1 aromatic heterocycles. The summed E-state index contributed by atoms with van der Waals surface area (Å²) < 4.78 is 11.5. The molecule has 3 aromatic carbocycles. The highest BCUT2D eigenvalue weighted by atomic mass is 16.5. The molecule has 4 aromatic rings. The van der Waals surface area contributed by atoms with Crippen LogP contribution >= 0.6 is 0 Å². The van der Waals surface area contributed by atoms with Crippen molar-refractivity contribution in [3.63, 3.8) is 0 Å². The zero-order valence-corrected chi connectivity index (χ0v) is 18.9. The number of morpholine rings is 1. The summed E-state index contributed by atoms with van der Waals surface area (Å²) >= 11 is 0. The summed E-state index contributed by atoms with van der Waals surface area (Å²) in [6, 6.07) is 27.9. The van der Waals surface area contributed by atoms with E-state index in [1.165, 1.54) is 0 Å². The maximum Gasteiger partial charge on any atom is 0.224 e. The van der Waals surface area contributed by atoms with Crippen LogP contribution in [0.2, 0.25) is 0 Å². The minimum atomic E-state index is -0.0696. The molecule has 1 saturated heterocycles. The van der Waals surface area contributed by atoms with Crippen LogP contribution in [0.3, 0.4) is 0 Å². The van der Waals surface area contributed by atoms with E-state index in [9.17, 15) is 4.79 Å². The Labute approximate surface area is 199 Å². The van der Waals surface area contributed by atoms with Crippen molar-refractivity contribution in [1.29, 1.82) is 0 Å². The lowest BCUT2D eigenvalue weighted by molar-refractivity contribution is -0.116. The molecule has 0 spiro atoms. The highest BCUT2D eigenvalue weighted by Gasteiger charge is 2.17. The number of ether oxygens (including phenoxy) is 1. The fraction of sp³-hybridized carbons (Fsp3) is 0.214. The number of carbonyl (C=O) groups is 1. The Morgan fingerprint density at radius 3 is 2.18 bits per heavy atom. The summed E-state index contributed by atoms with van der Waals surface area (Å²) in [5.41, 5.74) is 4.67. The number of aromatic nitrogens is 1. The van der Waals surface area contributed by atoms with E-state index in [2.05, 4.69) is 10.2 Å². The number of oxazole rings is 1. The van der Waals surface area contributed by atoms with Crippen molar-refractivity contribution in [2.45, 2.75) is 12.8 Å². The standard InChI is InChI=1S/C28H27N3O3/c32-25(29-23-11-13-24(14-12-23)31-17-19-33-20-18-31)15-16-26-30-27(21-7-3-1-4-8-21)28(34-26)22-9-5-2-6-10-22/h1-14H,15-20H2,(H,29,32). The lowest BCUT2D eigenvalue weighted by Crippen LogP contribution is -2.36. The first kappa shape index (κ1) is 21.9. The molecule has 1 fully saturated rings. The Morgan fingerprint density at radius 2 is 1.50 bits per heavy atom. The molecule has 2 heterocycles. The van der Waals surface area contributed by atoms with Gasteiger partial charge < -0.3 is 19.4 Å². The van der Waals surface area contributed by atoms with Gasteiger partial charge in [0.2, 0.25) is 5.91 Å². The third-order valence-electron chi connectivity index (χ3n) is 5.85. The maximum absolute atomic E-state index is 12.6. The van der Waals surface area contributed by atoms with E-state index in [1.54, 1.807) is 0 Å². The Morgan fingerprint density at radius 1 is 0.853 bits per heavy atom. The van der Waals surface area contributed by atoms with Crippen LogP contribution in [-0.4, -0.2) is 37.2 Å². The van der Waals surface area contributed by atoms with Gasteiger partial charge in [0.05, 0.1) is 13.2 Å². The Hall–Kier alpha value is -3.90. The minimum Gasteiger partial charge on any atom is -0.440 e. The van der Waals surface area contributed by atoms with Gasteiger partial charge >= 0.3 is 0 Å². The number of hydrogen-bond acceptors (Lipinski definition) is 5. The molecule has 0 saturated carbocycles. The molecule has 0 unspecified atom stereocenters. The van der Waals surface area contributed by atoms with Crippen LogP contribution in [0.15, 0.2) is 89.3 Å². The molecule has 0 atom stereocenters. The number of aryl methyl sites for hydroxylation is 1. The lowest BCUT2D eigenvalue weighted by atomic mass is 10.1. The van der Waals surface area contributed by atoms with Crippen LogP contribution in [0.5, 0.6) is 0 Å². The Balaban J connectivity index is 1.25. The second kappa shape index (κ2) is 10.4. The number of nitrogens with one attached hydrogen (secondary N) is 1. The van der Waals surface area contributed by atoms with Crippen LogP contribution in [-0.2, 0) is 16.0 Å². The molecule has 0 aliphatic carbocycles. The van der Waals surface area contributed by atoms with E-state index in [4.69, 9.17) is 14.1 Å². The number of benzene rings is 3.